The Morgan fingerprint density at radius 2 is 2.13 bits per heavy atom. The van der Waals surface area contributed by atoms with E-state index in [1.807, 2.05) is 0 Å². The molecular formula is C12H13ClO2. The summed E-state index contributed by atoms with van der Waals surface area (Å²) in [6, 6.07) is 6.77. The van der Waals surface area contributed by atoms with Gasteiger partial charge in [-0.05, 0) is 30.7 Å². The van der Waals surface area contributed by atoms with Gasteiger partial charge >= 0.3 is 0 Å². The van der Waals surface area contributed by atoms with Crippen molar-refractivity contribution in [1.29, 1.82) is 0 Å². The van der Waals surface area contributed by atoms with E-state index in [-0.39, 0.29) is 5.78 Å². The Kier molecular flexibility index (Phi) is 4.53. The van der Waals surface area contributed by atoms with E-state index in [0.29, 0.717) is 17.0 Å². The van der Waals surface area contributed by atoms with Gasteiger partial charge in [0.15, 0.2) is 5.78 Å². The third-order valence-electron chi connectivity index (χ3n) is 2.09. The van der Waals surface area contributed by atoms with Crippen LogP contribution in [0.3, 0.4) is 0 Å². The van der Waals surface area contributed by atoms with Gasteiger partial charge in [0.05, 0.1) is 0 Å². The highest BCUT2D eigenvalue weighted by Crippen LogP contribution is 2.13. The fourth-order valence-electron chi connectivity index (χ4n) is 1.26. The summed E-state index contributed by atoms with van der Waals surface area (Å²) in [5.41, 5.74) is 0.605. The van der Waals surface area contributed by atoms with Gasteiger partial charge < -0.3 is 4.74 Å². The molecule has 0 aliphatic heterocycles. The molecule has 2 nitrogen and oxygen atoms in total. The lowest BCUT2D eigenvalue weighted by Gasteiger charge is -2.11. The molecule has 1 unspecified atom stereocenters. The number of carbonyl (C=O) groups excluding carboxylic acids is 1. The fourth-order valence-corrected chi connectivity index (χ4v) is 1.39. The second-order valence-corrected chi connectivity index (χ2v) is 3.56. The number of rotatable bonds is 5. The summed E-state index contributed by atoms with van der Waals surface area (Å²) in [6.07, 6.45) is 1.73. The first-order chi connectivity index (χ1) is 7.19. The van der Waals surface area contributed by atoms with Crippen LogP contribution >= 0.6 is 11.6 Å². The van der Waals surface area contributed by atoms with Crippen molar-refractivity contribution in [3.05, 3.63) is 47.5 Å². The van der Waals surface area contributed by atoms with Crippen molar-refractivity contribution >= 4 is 17.4 Å². The summed E-state index contributed by atoms with van der Waals surface area (Å²) in [5.74, 6) is -0.0472. The van der Waals surface area contributed by atoms with Gasteiger partial charge in [-0.15, -0.1) is 6.58 Å². The van der Waals surface area contributed by atoms with Crippen LogP contribution in [0.4, 0.5) is 0 Å². The number of hydrogen-bond acceptors (Lipinski definition) is 2. The smallest absolute Gasteiger partial charge is 0.191 e. The summed E-state index contributed by atoms with van der Waals surface area (Å²) in [4.78, 5) is 11.9. The van der Waals surface area contributed by atoms with Crippen LogP contribution in [0.1, 0.15) is 16.8 Å². The Morgan fingerprint density at radius 3 is 2.60 bits per heavy atom. The molecule has 3 heteroatoms. The van der Waals surface area contributed by atoms with Crippen LogP contribution in [0.25, 0.3) is 0 Å². The largest absolute Gasteiger partial charge is 0.373 e. The van der Waals surface area contributed by atoms with Gasteiger partial charge in [-0.25, -0.2) is 0 Å². The number of methoxy groups -OCH3 is 1. The first kappa shape index (κ1) is 12.0. The van der Waals surface area contributed by atoms with Crippen molar-refractivity contribution in [2.45, 2.75) is 12.5 Å². The van der Waals surface area contributed by atoms with Gasteiger partial charge in [0.2, 0.25) is 0 Å². The van der Waals surface area contributed by atoms with E-state index in [2.05, 4.69) is 6.58 Å². The van der Waals surface area contributed by atoms with E-state index in [1.165, 1.54) is 7.11 Å². The highest BCUT2D eigenvalue weighted by Gasteiger charge is 2.17. The van der Waals surface area contributed by atoms with Crippen LogP contribution in [0.2, 0.25) is 5.02 Å². The number of benzene rings is 1. The zero-order valence-electron chi connectivity index (χ0n) is 8.57. The lowest BCUT2D eigenvalue weighted by atomic mass is 10.0. The fraction of sp³-hybridized carbons (Fsp3) is 0.250. The number of Topliss-reactive ketones (excluding diaryl/α,β-unsaturated/α-hetero) is 1. The zero-order valence-corrected chi connectivity index (χ0v) is 9.33. The minimum Gasteiger partial charge on any atom is -0.373 e. The van der Waals surface area contributed by atoms with Crippen molar-refractivity contribution in [2.75, 3.05) is 7.11 Å². The topological polar surface area (TPSA) is 26.3 Å². The molecule has 0 heterocycles. The van der Waals surface area contributed by atoms with Gasteiger partial charge in [0.1, 0.15) is 6.10 Å². The average Bonchev–Trinajstić information content (AvgIpc) is 2.26. The standard InChI is InChI=1S/C12H13ClO2/c1-3-4-11(15-2)12(14)9-5-7-10(13)8-6-9/h3,5-8,11H,1,4H2,2H3. The molecule has 0 saturated heterocycles. The molecule has 15 heavy (non-hydrogen) atoms. The SMILES string of the molecule is C=CCC(OC)C(=O)c1ccc(Cl)cc1. The molecule has 1 atom stereocenters. The highest BCUT2D eigenvalue weighted by molar-refractivity contribution is 6.30. The van der Waals surface area contributed by atoms with Crippen LogP contribution in [0.15, 0.2) is 36.9 Å². The van der Waals surface area contributed by atoms with Crippen LogP contribution in [0, 0.1) is 0 Å². The maximum Gasteiger partial charge on any atom is 0.191 e. The second-order valence-electron chi connectivity index (χ2n) is 3.12. The lowest BCUT2D eigenvalue weighted by molar-refractivity contribution is 0.0614. The minimum absolute atomic E-state index is 0.0472. The zero-order chi connectivity index (χ0) is 11.3. The molecule has 0 fully saturated rings. The van der Waals surface area contributed by atoms with E-state index in [4.69, 9.17) is 16.3 Å². The molecule has 0 aliphatic carbocycles. The van der Waals surface area contributed by atoms with Crippen LogP contribution in [-0.2, 0) is 4.74 Å². The van der Waals surface area contributed by atoms with Gasteiger partial charge in [0.25, 0.3) is 0 Å². The normalized spacial score (nSPS) is 12.1. The van der Waals surface area contributed by atoms with Crippen LogP contribution in [-0.4, -0.2) is 19.0 Å². The monoisotopic (exact) mass is 224 g/mol. The third kappa shape index (κ3) is 3.18. The molecule has 0 amide bonds. The highest BCUT2D eigenvalue weighted by atomic mass is 35.5. The number of ketones is 1. The molecular weight excluding hydrogens is 212 g/mol. The molecule has 0 saturated carbocycles. The number of carbonyl (C=O) groups is 1. The Morgan fingerprint density at radius 1 is 1.53 bits per heavy atom. The van der Waals surface area contributed by atoms with Crippen LogP contribution < -0.4 is 0 Å². The van der Waals surface area contributed by atoms with E-state index in [9.17, 15) is 4.79 Å². The first-order valence-corrected chi connectivity index (χ1v) is 5.00. The molecule has 0 spiro atoms. The van der Waals surface area contributed by atoms with Crippen molar-refractivity contribution in [3.8, 4) is 0 Å². The lowest BCUT2D eigenvalue weighted by Crippen LogP contribution is -2.22. The second kappa shape index (κ2) is 5.69. The molecule has 1 rings (SSSR count). The summed E-state index contributed by atoms with van der Waals surface area (Å²) < 4.78 is 5.08. The maximum atomic E-state index is 11.9. The maximum absolute atomic E-state index is 11.9. The average molecular weight is 225 g/mol. The summed E-state index contributed by atoms with van der Waals surface area (Å²) >= 11 is 5.73. The molecule has 1 aromatic carbocycles. The number of halogens is 1. The first-order valence-electron chi connectivity index (χ1n) is 4.62. The van der Waals surface area contributed by atoms with Gasteiger partial charge in [0, 0.05) is 17.7 Å². The predicted octanol–water partition coefficient (Wildman–Crippen LogP) is 3.11. The van der Waals surface area contributed by atoms with E-state index in [0.717, 1.165) is 0 Å². The van der Waals surface area contributed by atoms with Crippen molar-refractivity contribution in [3.63, 3.8) is 0 Å². The molecule has 0 bridgehead atoms. The summed E-state index contributed by atoms with van der Waals surface area (Å²) in [7, 11) is 1.52. The Bertz CT molecular complexity index is 343. The van der Waals surface area contributed by atoms with Crippen LogP contribution in [0.5, 0.6) is 0 Å². The molecule has 1 aromatic rings. The molecule has 0 N–H and O–H groups in total. The molecule has 0 radical (unpaired) electrons. The Balaban J connectivity index is 2.82. The van der Waals surface area contributed by atoms with E-state index < -0.39 is 6.10 Å². The van der Waals surface area contributed by atoms with Crippen molar-refractivity contribution in [2.24, 2.45) is 0 Å². The minimum atomic E-state index is -0.455. The quantitative estimate of drug-likeness (QED) is 0.568. The Labute approximate surface area is 94.5 Å². The van der Waals surface area contributed by atoms with Gasteiger partial charge in [-0.3, -0.25) is 4.79 Å². The Hall–Kier alpha value is -1.12. The van der Waals surface area contributed by atoms with Gasteiger partial charge in [-0.2, -0.15) is 0 Å². The van der Waals surface area contributed by atoms with Gasteiger partial charge in [-0.1, -0.05) is 17.7 Å². The van der Waals surface area contributed by atoms with E-state index >= 15 is 0 Å². The predicted molar refractivity (Wildman–Crippen MR) is 61.4 cm³/mol. The molecule has 80 valence electrons. The molecule has 0 aromatic heterocycles. The number of hydrogen-bond donors (Lipinski definition) is 0. The van der Waals surface area contributed by atoms with Crippen molar-refractivity contribution in [1.82, 2.24) is 0 Å². The van der Waals surface area contributed by atoms with Crippen molar-refractivity contribution < 1.29 is 9.53 Å². The van der Waals surface area contributed by atoms with E-state index in [1.54, 1.807) is 30.3 Å². The number of ether oxygens (including phenoxy) is 1. The summed E-state index contributed by atoms with van der Waals surface area (Å²) in [5, 5.41) is 0.615. The summed E-state index contributed by atoms with van der Waals surface area (Å²) in [6.45, 7) is 3.59. The molecule has 0 aliphatic rings. The third-order valence-corrected chi connectivity index (χ3v) is 2.34.